The first-order chi connectivity index (χ1) is 9.85. The summed E-state index contributed by atoms with van der Waals surface area (Å²) in [6.45, 7) is 6.77. The van der Waals surface area contributed by atoms with Crippen LogP contribution in [0.25, 0.3) is 0 Å². The molecule has 0 saturated carbocycles. The van der Waals surface area contributed by atoms with Crippen molar-refractivity contribution in [2.45, 2.75) is 59.0 Å². The second kappa shape index (κ2) is 7.88. The molecule has 2 heteroatoms. The van der Waals surface area contributed by atoms with Crippen LogP contribution in [0, 0.1) is 0 Å². The second-order valence-corrected chi connectivity index (χ2v) is 5.44. The van der Waals surface area contributed by atoms with E-state index in [2.05, 4.69) is 65.7 Å². The van der Waals surface area contributed by atoms with E-state index in [1.54, 1.807) is 0 Å². The van der Waals surface area contributed by atoms with Crippen molar-refractivity contribution in [3.8, 4) is 0 Å². The Morgan fingerprint density at radius 3 is 2.50 bits per heavy atom. The molecule has 1 aromatic carbocycles. The van der Waals surface area contributed by atoms with Gasteiger partial charge in [0.15, 0.2) is 0 Å². The van der Waals surface area contributed by atoms with Crippen molar-refractivity contribution in [1.82, 2.24) is 4.57 Å². The third kappa shape index (κ3) is 3.96. The third-order valence-corrected chi connectivity index (χ3v) is 3.74. The molecule has 2 aromatic rings. The summed E-state index contributed by atoms with van der Waals surface area (Å²) in [4.78, 5) is 0. The minimum Gasteiger partial charge on any atom is -0.234 e. The Kier molecular flexibility index (Phi) is 5.85. The van der Waals surface area contributed by atoms with Crippen LogP contribution in [0.5, 0.6) is 0 Å². The van der Waals surface area contributed by atoms with Crippen molar-refractivity contribution < 1.29 is 4.57 Å². The number of benzene rings is 1. The van der Waals surface area contributed by atoms with Crippen LogP contribution in [0.3, 0.4) is 0 Å². The summed E-state index contributed by atoms with van der Waals surface area (Å²) in [5.74, 6) is 1.49. The molecule has 0 saturated heterocycles. The molecule has 108 valence electrons. The minimum absolute atomic E-state index is 1.13. The maximum atomic E-state index is 2.45. The van der Waals surface area contributed by atoms with E-state index in [0.717, 1.165) is 13.1 Å². The Balaban J connectivity index is 1.95. The van der Waals surface area contributed by atoms with Crippen molar-refractivity contribution in [3.63, 3.8) is 0 Å². The third-order valence-electron chi connectivity index (χ3n) is 3.74. The van der Waals surface area contributed by atoms with Gasteiger partial charge in [0.25, 0.3) is 5.82 Å². The molecule has 0 spiro atoms. The van der Waals surface area contributed by atoms with Crippen LogP contribution in [-0.2, 0) is 25.9 Å². The summed E-state index contributed by atoms with van der Waals surface area (Å²) >= 11 is 0. The van der Waals surface area contributed by atoms with E-state index >= 15 is 0 Å². The van der Waals surface area contributed by atoms with E-state index in [4.69, 9.17) is 0 Å². The van der Waals surface area contributed by atoms with E-state index < -0.39 is 0 Å². The van der Waals surface area contributed by atoms with Gasteiger partial charge in [-0.25, -0.2) is 9.13 Å². The number of hydrogen-bond acceptors (Lipinski definition) is 0. The molecule has 2 rings (SSSR count). The van der Waals surface area contributed by atoms with Crippen molar-refractivity contribution in [3.05, 3.63) is 54.1 Å². The first-order valence-corrected chi connectivity index (χ1v) is 7.96. The summed E-state index contributed by atoms with van der Waals surface area (Å²) in [5, 5.41) is 0. The largest absolute Gasteiger partial charge is 0.256 e. The van der Waals surface area contributed by atoms with Gasteiger partial charge >= 0.3 is 0 Å². The van der Waals surface area contributed by atoms with Crippen LogP contribution in [0.4, 0.5) is 0 Å². The van der Waals surface area contributed by atoms with Gasteiger partial charge < -0.3 is 0 Å². The molecular weight excluding hydrogens is 244 g/mol. The van der Waals surface area contributed by atoms with Crippen molar-refractivity contribution in [2.75, 3.05) is 0 Å². The summed E-state index contributed by atoms with van der Waals surface area (Å²) < 4.78 is 4.87. The smallest absolute Gasteiger partial charge is 0.234 e. The molecule has 0 atom stereocenters. The van der Waals surface area contributed by atoms with E-state index in [0.29, 0.717) is 0 Å². The molecule has 2 nitrogen and oxygen atoms in total. The zero-order chi connectivity index (χ0) is 14.2. The Bertz CT molecular complexity index is 499. The van der Waals surface area contributed by atoms with Crippen molar-refractivity contribution in [1.29, 1.82) is 0 Å². The van der Waals surface area contributed by atoms with Crippen LogP contribution in [0.1, 0.15) is 44.5 Å². The van der Waals surface area contributed by atoms with Gasteiger partial charge in [0.2, 0.25) is 0 Å². The molecule has 0 unspecified atom stereocenters. The molecule has 0 aliphatic rings. The predicted molar refractivity (Wildman–Crippen MR) is 83.7 cm³/mol. The first kappa shape index (κ1) is 14.8. The number of hydrogen-bond donors (Lipinski definition) is 0. The molecule has 0 amide bonds. The highest BCUT2D eigenvalue weighted by Crippen LogP contribution is 2.05. The highest BCUT2D eigenvalue weighted by Gasteiger charge is 2.14. The average molecular weight is 271 g/mol. The molecule has 1 heterocycles. The standard InChI is InChI=1S/C18H27N2/c1-3-9-18-19(13-4-2)15-16-20(18)14-8-12-17-10-6-5-7-11-17/h5-7,10-11,15-16H,3-4,8-9,12-14H2,1-2H3/q+1. The molecule has 0 radical (unpaired) electrons. The Morgan fingerprint density at radius 2 is 1.80 bits per heavy atom. The lowest BCUT2D eigenvalue weighted by Crippen LogP contribution is -2.37. The Labute approximate surface area is 123 Å². The summed E-state index contributed by atoms with van der Waals surface area (Å²) in [5.41, 5.74) is 1.44. The number of imidazole rings is 1. The van der Waals surface area contributed by atoms with Crippen LogP contribution in [0.15, 0.2) is 42.7 Å². The quantitative estimate of drug-likeness (QED) is 0.646. The maximum absolute atomic E-state index is 2.45. The van der Waals surface area contributed by atoms with Gasteiger partial charge in [-0.2, -0.15) is 0 Å². The van der Waals surface area contributed by atoms with E-state index in [-0.39, 0.29) is 0 Å². The molecule has 0 bridgehead atoms. The summed E-state index contributed by atoms with van der Waals surface area (Å²) in [6, 6.07) is 10.8. The second-order valence-electron chi connectivity index (χ2n) is 5.44. The van der Waals surface area contributed by atoms with Gasteiger partial charge in [0.05, 0.1) is 13.1 Å². The molecule has 0 aliphatic carbocycles. The first-order valence-electron chi connectivity index (χ1n) is 7.96. The van der Waals surface area contributed by atoms with Gasteiger partial charge in [-0.15, -0.1) is 0 Å². The fraction of sp³-hybridized carbons (Fsp3) is 0.500. The summed E-state index contributed by atoms with van der Waals surface area (Å²) in [7, 11) is 0. The average Bonchev–Trinajstić information content (AvgIpc) is 2.84. The number of rotatable bonds is 8. The van der Waals surface area contributed by atoms with Gasteiger partial charge in [0, 0.05) is 6.42 Å². The Morgan fingerprint density at radius 1 is 1.00 bits per heavy atom. The monoisotopic (exact) mass is 271 g/mol. The van der Waals surface area contributed by atoms with E-state index in [1.807, 2.05) is 0 Å². The lowest BCUT2D eigenvalue weighted by Gasteiger charge is -2.04. The van der Waals surface area contributed by atoms with Crippen molar-refractivity contribution in [2.24, 2.45) is 0 Å². The number of aryl methyl sites for hydroxylation is 3. The van der Waals surface area contributed by atoms with E-state index in [1.165, 1.54) is 43.5 Å². The van der Waals surface area contributed by atoms with Crippen LogP contribution < -0.4 is 4.57 Å². The molecule has 0 fully saturated rings. The minimum atomic E-state index is 1.13. The number of aromatic nitrogens is 2. The highest BCUT2D eigenvalue weighted by molar-refractivity contribution is 5.14. The van der Waals surface area contributed by atoms with Gasteiger partial charge in [-0.3, -0.25) is 0 Å². The Hall–Kier alpha value is -1.57. The molecule has 20 heavy (non-hydrogen) atoms. The fourth-order valence-electron chi connectivity index (χ4n) is 2.76. The molecule has 0 N–H and O–H groups in total. The molecule has 1 aromatic heterocycles. The van der Waals surface area contributed by atoms with Crippen LogP contribution in [0.2, 0.25) is 0 Å². The zero-order valence-corrected chi connectivity index (χ0v) is 12.9. The number of nitrogens with zero attached hydrogens (tertiary/aromatic N) is 2. The van der Waals surface area contributed by atoms with Crippen LogP contribution >= 0.6 is 0 Å². The van der Waals surface area contributed by atoms with E-state index in [9.17, 15) is 0 Å². The maximum Gasteiger partial charge on any atom is 0.256 e. The predicted octanol–water partition coefficient (Wildman–Crippen LogP) is 3.77. The van der Waals surface area contributed by atoms with Gasteiger partial charge in [-0.05, 0) is 31.2 Å². The topological polar surface area (TPSA) is 8.81 Å². The summed E-state index contributed by atoms with van der Waals surface area (Å²) in [6.07, 6.45) is 10.5. The lowest BCUT2D eigenvalue weighted by atomic mass is 10.1. The SMILES string of the molecule is CCCc1n(CCC)cc[n+]1CCCc1ccccc1. The normalized spacial score (nSPS) is 10.9. The molecule has 0 aliphatic heterocycles. The van der Waals surface area contributed by atoms with Gasteiger partial charge in [-0.1, -0.05) is 44.2 Å². The van der Waals surface area contributed by atoms with Crippen molar-refractivity contribution >= 4 is 0 Å². The highest BCUT2D eigenvalue weighted by atomic mass is 15.1. The lowest BCUT2D eigenvalue weighted by molar-refractivity contribution is -0.704. The fourth-order valence-corrected chi connectivity index (χ4v) is 2.76. The van der Waals surface area contributed by atoms with Crippen LogP contribution in [-0.4, -0.2) is 4.57 Å². The molecular formula is C18H27N2+. The van der Waals surface area contributed by atoms with Gasteiger partial charge in [0.1, 0.15) is 12.4 Å². The zero-order valence-electron chi connectivity index (χ0n) is 12.9.